The molecule has 2 atom stereocenters. The molecule has 2 aromatic carbocycles. The van der Waals surface area contributed by atoms with Crippen molar-refractivity contribution in [3.8, 4) is 17.2 Å². The zero-order valence-electron chi connectivity index (χ0n) is 24.6. The van der Waals surface area contributed by atoms with Gasteiger partial charge in [0.1, 0.15) is 28.8 Å². The van der Waals surface area contributed by atoms with Crippen molar-refractivity contribution in [1.82, 2.24) is 24.5 Å². The molecule has 4 aromatic rings. The molecule has 1 aliphatic carbocycles. The molecule has 2 aromatic heterocycles. The van der Waals surface area contributed by atoms with E-state index < -0.39 is 0 Å². The van der Waals surface area contributed by atoms with Crippen molar-refractivity contribution in [3.63, 3.8) is 0 Å². The molecule has 1 saturated heterocycles. The standard InChI is InChI=1S/C31H38N6O5/c1-5-42-30(38)27(19-11-12-19)36-15-7-8-21(18-36)28-34-29-23-9-6-10-24(40-3)26(23)33-31(37(29)35-28)32-17-20-13-14-22(39-2)16-25(20)41-4/h6,9-10,13-14,16,19,21,27H,5,7-8,11-12,15,17-18H2,1-4H3,(H,32,33)/t21-,27+/m1/s1. The van der Waals surface area contributed by atoms with E-state index >= 15 is 0 Å². The monoisotopic (exact) mass is 574 g/mol. The molecular formula is C31H38N6O5. The molecule has 3 heterocycles. The highest BCUT2D eigenvalue weighted by Crippen LogP contribution is 2.39. The number of rotatable bonds is 11. The molecule has 11 nitrogen and oxygen atoms in total. The summed E-state index contributed by atoms with van der Waals surface area (Å²) in [7, 11) is 4.91. The highest BCUT2D eigenvalue weighted by atomic mass is 16.5. The first-order chi connectivity index (χ1) is 20.5. The lowest BCUT2D eigenvalue weighted by molar-refractivity contribution is -0.151. The topological polar surface area (TPSA) is 112 Å². The van der Waals surface area contributed by atoms with Crippen LogP contribution in [0, 0.1) is 5.92 Å². The van der Waals surface area contributed by atoms with E-state index in [0.29, 0.717) is 47.7 Å². The zero-order valence-corrected chi connectivity index (χ0v) is 24.6. The van der Waals surface area contributed by atoms with Gasteiger partial charge in [0.25, 0.3) is 0 Å². The largest absolute Gasteiger partial charge is 0.497 e. The third-order valence-electron chi connectivity index (χ3n) is 8.24. The van der Waals surface area contributed by atoms with Crippen molar-refractivity contribution in [2.45, 2.75) is 51.1 Å². The molecule has 1 aliphatic heterocycles. The summed E-state index contributed by atoms with van der Waals surface area (Å²) in [6.07, 6.45) is 4.07. The smallest absolute Gasteiger partial charge is 0.323 e. The lowest BCUT2D eigenvalue weighted by Gasteiger charge is -2.36. The molecule has 42 heavy (non-hydrogen) atoms. The van der Waals surface area contributed by atoms with Gasteiger partial charge in [0.15, 0.2) is 11.5 Å². The number of anilines is 1. The molecule has 0 unspecified atom stereocenters. The maximum Gasteiger partial charge on any atom is 0.323 e. The molecular weight excluding hydrogens is 536 g/mol. The van der Waals surface area contributed by atoms with Gasteiger partial charge in [-0.05, 0) is 69.3 Å². The van der Waals surface area contributed by atoms with Gasteiger partial charge in [-0.25, -0.2) is 9.97 Å². The summed E-state index contributed by atoms with van der Waals surface area (Å²) in [5.74, 6) is 3.76. The number of benzene rings is 2. The number of hydrogen-bond donors (Lipinski definition) is 1. The average Bonchev–Trinajstić information content (AvgIpc) is 3.74. The number of para-hydroxylation sites is 1. The van der Waals surface area contributed by atoms with Crippen LogP contribution in [0.5, 0.6) is 17.2 Å². The van der Waals surface area contributed by atoms with Crippen LogP contribution >= 0.6 is 0 Å². The van der Waals surface area contributed by atoms with Crippen molar-refractivity contribution in [2.24, 2.45) is 5.92 Å². The highest BCUT2D eigenvalue weighted by Gasteiger charge is 2.43. The quantitative estimate of drug-likeness (QED) is 0.258. The van der Waals surface area contributed by atoms with Crippen LogP contribution in [0.25, 0.3) is 16.6 Å². The van der Waals surface area contributed by atoms with E-state index in [1.54, 1.807) is 25.8 Å². The molecule has 0 bridgehead atoms. The first-order valence-electron chi connectivity index (χ1n) is 14.6. The number of likely N-dealkylation sites (tertiary alicyclic amines) is 1. The van der Waals surface area contributed by atoms with Crippen molar-refractivity contribution in [3.05, 3.63) is 47.8 Å². The fourth-order valence-corrected chi connectivity index (χ4v) is 5.99. The summed E-state index contributed by atoms with van der Waals surface area (Å²) in [5, 5.41) is 9.32. The van der Waals surface area contributed by atoms with E-state index in [0.717, 1.165) is 61.3 Å². The van der Waals surface area contributed by atoms with Gasteiger partial charge in [-0.2, -0.15) is 4.52 Å². The number of esters is 1. The predicted octanol–water partition coefficient (Wildman–Crippen LogP) is 4.44. The maximum atomic E-state index is 12.9. The second kappa shape index (κ2) is 12.0. The Morgan fingerprint density at radius 2 is 1.88 bits per heavy atom. The number of hydrogen-bond acceptors (Lipinski definition) is 10. The van der Waals surface area contributed by atoms with Gasteiger partial charge >= 0.3 is 5.97 Å². The number of fused-ring (bicyclic) bond motifs is 3. The number of ether oxygens (including phenoxy) is 4. The SMILES string of the molecule is CCOC(=O)[C@H](C1CC1)N1CCC[C@@H](c2nc3c4cccc(OC)c4nc(NCc4ccc(OC)cc4OC)n3n2)C1. The molecule has 2 fully saturated rings. The van der Waals surface area contributed by atoms with Crippen LogP contribution < -0.4 is 19.5 Å². The lowest BCUT2D eigenvalue weighted by Crippen LogP contribution is -2.48. The van der Waals surface area contributed by atoms with Gasteiger partial charge in [-0.15, -0.1) is 5.10 Å². The van der Waals surface area contributed by atoms with E-state index in [1.165, 1.54) is 0 Å². The predicted molar refractivity (Wildman–Crippen MR) is 158 cm³/mol. The lowest BCUT2D eigenvalue weighted by atomic mass is 9.95. The van der Waals surface area contributed by atoms with Crippen molar-refractivity contribution in [1.29, 1.82) is 0 Å². The summed E-state index contributed by atoms with van der Waals surface area (Å²) >= 11 is 0. The van der Waals surface area contributed by atoms with Gasteiger partial charge < -0.3 is 24.3 Å². The van der Waals surface area contributed by atoms with Crippen LogP contribution in [-0.4, -0.2) is 77.5 Å². The number of carbonyl (C=O) groups excluding carboxylic acids is 1. The van der Waals surface area contributed by atoms with E-state index in [2.05, 4.69) is 10.2 Å². The summed E-state index contributed by atoms with van der Waals surface area (Å²) in [5.41, 5.74) is 2.36. The minimum absolute atomic E-state index is 0.0875. The Morgan fingerprint density at radius 3 is 2.62 bits per heavy atom. The van der Waals surface area contributed by atoms with E-state index in [1.807, 2.05) is 43.3 Å². The van der Waals surface area contributed by atoms with E-state index in [9.17, 15) is 4.79 Å². The van der Waals surface area contributed by atoms with E-state index in [4.69, 9.17) is 34.0 Å². The normalized spacial score (nSPS) is 18.1. The highest BCUT2D eigenvalue weighted by molar-refractivity contribution is 5.96. The average molecular weight is 575 g/mol. The number of methoxy groups -OCH3 is 3. The Morgan fingerprint density at radius 1 is 1.05 bits per heavy atom. The first kappa shape index (κ1) is 28.0. The van der Waals surface area contributed by atoms with Crippen molar-refractivity contribution in [2.75, 3.05) is 46.3 Å². The number of nitrogens with one attached hydrogen (secondary N) is 1. The molecule has 1 N–H and O–H groups in total. The minimum Gasteiger partial charge on any atom is -0.497 e. The Labute approximate surface area is 245 Å². The van der Waals surface area contributed by atoms with E-state index in [-0.39, 0.29) is 17.9 Å². The molecule has 6 rings (SSSR count). The van der Waals surface area contributed by atoms with Gasteiger partial charge in [0, 0.05) is 36.0 Å². The van der Waals surface area contributed by atoms with Gasteiger partial charge in [0.2, 0.25) is 5.95 Å². The van der Waals surface area contributed by atoms with Crippen LogP contribution in [0.15, 0.2) is 36.4 Å². The van der Waals surface area contributed by atoms with Crippen molar-refractivity contribution >= 4 is 28.5 Å². The number of aromatic nitrogens is 4. The maximum absolute atomic E-state index is 12.9. The number of carbonyl (C=O) groups is 1. The molecule has 2 aliphatic rings. The Bertz CT molecular complexity index is 1590. The van der Waals surface area contributed by atoms with Crippen LogP contribution in [-0.2, 0) is 16.1 Å². The van der Waals surface area contributed by atoms with Gasteiger partial charge in [-0.3, -0.25) is 9.69 Å². The molecule has 1 saturated carbocycles. The Kier molecular flexibility index (Phi) is 8.01. The first-order valence-corrected chi connectivity index (χ1v) is 14.6. The summed E-state index contributed by atoms with van der Waals surface area (Å²) in [6.45, 7) is 4.31. The number of nitrogens with zero attached hydrogens (tertiary/aromatic N) is 5. The fraction of sp³-hybridized carbons (Fsp3) is 0.484. The third kappa shape index (κ3) is 5.40. The summed E-state index contributed by atoms with van der Waals surface area (Å²) in [4.78, 5) is 25.2. The van der Waals surface area contributed by atoms with Crippen LogP contribution in [0.1, 0.15) is 49.9 Å². The third-order valence-corrected chi connectivity index (χ3v) is 8.24. The molecule has 0 spiro atoms. The van der Waals surface area contributed by atoms with Crippen LogP contribution in [0.2, 0.25) is 0 Å². The van der Waals surface area contributed by atoms with Crippen LogP contribution in [0.4, 0.5) is 5.95 Å². The Balaban J connectivity index is 1.35. The molecule has 11 heteroatoms. The van der Waals surface area contributed by atoms with Gasteiger partial charge in [0.05, 0.1) is 27.9 Å². The molecule has 0 radical (unpaired) electrons. The summed E-state index contributed by atoms with van der Waals surface area (Å²) < 4.78 is 23.9. The van der Waals surface area contributed by atoms with Crippen molar-refractivity contribution < 1.29 is 23.7 Å². The van der Waals surface area contributed by atoms with Crippen LogP contribution in [0.3, 0.4) is 0 Å². The Hall–Kier alpha value is -4.12. The zero-order chi connectivity index (χ0) is 29.2. The second-order valence-electron chi connectivity index (χ2n) is 10.9. The second-order valence-corrected chi connectivity index (χ2v) is 10.9. The van der Waals surface area contributed by atoms with Gasteiger partial charge in [-0.1, -0.05) is 6.07 Å². The number of piperidine rings is 1. The minimum atomic E-state index is -0.187. The molecule has 0 amide bonds. The summed E-state index contributed by atoms with van der Waals surface area (Å²) in [6, 6.07) is 11.4. The fourth-order valence-electron chi connectivity index (χ4n) is 5.99. The molecule has 222 valence electrons.